The molecule has 5 rings (SSSR count). The molecule has 1 aliphatic carbocycles. The molecule has 36 heavy (non-hydrogen) atoms. The number of hydrogen-bond acceptors (Lipinski definition) is 6. The largest absolute Gasteiger partial charge is 0.382 e. The lowest BCUT2D eigenvalue weighted by Gasteiger charge is -2.26. The second-order valence-corrected chi connectivity index (χ2v) is 9.32. The number of nitrogens with one attached hydrogen (secondary N) is 3. The highest BCUT2D eigenvalue weighted by Gasteiger charge is 2.28. The minimum atomic E-state index is -0.970. The zero-order chi connectivity index (χ0) is 25.4. The Morgan fingerprint density at radius 2 is 1.78 bits per heavy atom. The zero-order valence-electron chi connectivity index (χ0n) is 19.7. The van der Waals surface area contributed by atoms with Crippen LogP contribution in [0.5, 0.6) is 0 Å². The molecule has 0 radical (unpaired) electrons. The van der Waals surface area contributed by atoms with E-state index in [0.717, 1.165) is 61.9 Å². The molecular formula is C26H26F2N6O2. The predicted molar refractivity (Wildman–Crippen MR) is 135 cm³/mol. The Morgan fingerprint density at radius 3 is 2.42 bits per heavy atom. The van der Waals surface area contributed by atoms with Crippen LogP contribution < -0.4 is 21.1 Å². The number of rotatable bonds is 7. The Labute approximate surface area is 206 Å². The average Bonchev–Trinajstić information content (AvgIpc) is 3.57. The molecule has 2 fully saturated rings. The Hall–Kier alpha value is -4.08. The Kier molecular flexibility index (Phi) is 6.26. The van der Waals surface area contributed by atoms with Crippen LogP contribution in [0.15, 0.2) is 47.3 Å². The molecule has 2 aliphatic rings. The van der Waals surface area contributed by atoms with Crippen molar-refractivity contribution < 1.29 is 13.6 Å². The highest BCUT2D eigenvalue weighted by atomic mass is 19.1. The second kappa shape index (κ2) is 9.52. The minimum Gasteiger partial charge on any atom is -0.382 e. The van der Waals surface area contributed by atoms with Gasteiger partial charge in [0.05, 0.1) is 11.4 Å². The highest BCUT2D eigenvalue weighted by Crippen LogP contribution is 2.39. The third-order valence-corrected chi connectivity index (χ3v) is 6.47. The van der Waals surface area contributed by atoms with Gasteiger partial charge in [0.2, 0.25) is 0 Å². The molecular weight excluding hydrogens is 466 g/mol. The number of halogens is 2. The normalized spacial score (nSPS) is 17.2. The molecule has 0 bridgehead atoms. The lowest BCUT2D eigenvalue weighted by molar-refractivity contribution is 0.102. The van der Waals surface area contributed by atoms with E-state index in [9.17, 15) is 18.4 Å². The number of benzene rings is 2. The first-order valence-corrected chi connectivity index (χ1v) is 11.9. The maximum Gasteiger partial charge on any atom is 0.276 e. The summed E-state index contributed by atoms with van der Waals surface area (Å²) in [4.78, 5) is 27.7. The molecule has 1 saturated carbocycles. The van der Waals surface area contributed by atoms with Crippen molar-refractivity contribution in [3.63, 3.8) is 0 Å². The molecule has 2 heterocycles. The van der Waals surface area contributed by atoms with E-state index in [1.54, 1.807) is 6.07 Å². The van der Waals surface area contributed by atoms with Gasteiger partial charge in [-0.1, -0.05) is 13.0 Å². The number of carbonyl (C=O) groups excluding carboxylic acids is 1. The van der Waals surface area contributed by atoms with Crippen molar-refractivity contribution in [2.24, 2.45) is 5.92 Å². The topological polar surface area (TPSA) is 103 Å². The van der Waals surface area contributed by atoms with Gasteiger partial charge in [-0.15, -0.1) is 0 Å². The zero-order valence-corrected chi connectivity index (χ0v) is 19.7. The molecule has 2 aromatic carbocycles. The first kappa shape index (κ1) is 23.7. The quantitative estimate of drug-likeness (QED) is 0.430. The molecule has 3 aromatic rings. The van der Waals surface area contributed by atoms with Gasteiger partial charge in [-0.05, 0) is 55.5 Å². The van der Waals surface area contributed by atoms with E-state index in [4.69, 9.17) is 5.41 Å². The number of para-hydroxylation sites is 1. The van der Waals surface area contributed by atoms with Gasteiger partial charge >= 0.3 is 0 Å². The molecule has 1 unspecified atom stereocenters. The van der Waals surface area contributed by atoms with Crippen molar-refractivity contribution in [2.45, 2.75) is 32.2 Å². The molecule has 1 saturated heterocycles. The Balaban J connectivity index is 1.52. The first-order chi connectivity index (χ1) is 17.4. The minimum absolute atomic E-state index is 0.186. The van der Waals surface area contributed by atoms with Crippen molar-refractivity contribution in [3.05, 3.63) is 75.7 Å². The van der Waals surface area contributed by atoms with Crippen LogP contribution in [0.2, 0.25) is 0 Å². The molecule has 1 aliphatic heterocycles. The van der Waals surface area contributed by atoms with Crippen molar-refractivity contribution in [1.82, 2.24) is 9.78 Å². The summed E-state index contributed by atoms with van der Waals surface area (Å²) in [5.74, 6) is -2.12. The smallest absolute Gasteiger partial charge is 0.276 e. The molecule has 186 valence electrons. The van der Waals surface area contributed by atoms with Crippen LogP contribution in [0, 0.1) is 23.0 Å². The van der Waals surface area contributed by atoms with Gasteiger partial charge < -0.3 is 20.9 Å². The number of hydrogen-bond donors (Lipinski definition) is 3. The van der Waals surface area contributed by atoms with Gasteiger partial charge in [0, 0.05) is 42.7 Å². The number of nitrogens with zero attached hydrogens (tertiary/aromatic N) is 3. The molecule has 10 heteroatoms. The van der Waals surface area contributed by atoms with E-state index in [2.05, 4.69) is 27.6 Å². The van der Waals surface area contributed by atoms with Crippen LogP contribution in [0.4, 0.5) is 25.8 Å². The third kappa shape index (κ3) is 4.58. The van der Waals surface area contributed by atoms with Gasteiger partial charge in [-0.25, -0.2) is 8.78 Å². The van der Waals surface area contributed by atoms with E-state index in [1.807, 2.05) is 6.07 Å². The fourth-order valence-corrected chi connectivity index (χ4v) is 4.48. The highest BCUT2D eigenvalue weighted by molar-refractivity contribution is 6.08. The van der Waals surface area contributed by atoms with E-state index >= 15 is 0 Å². The SMILES string of the molecule is CC1CCN(c2c(NC(=O)c3ccc(=O)n(-c4c(F)cccc4F)n3)ccc(NC3CC3)c2C=N)C1. The summed E-state index contributed by atoms with van der Waals surface area (Å²) in [5, 5.41) is 18.4. The maximum atomic E-state index is 14.3. The monoisotopic (exact) mass is 492 g/mol. The van der Waals surface area contributed by atoms with Crippen LogP contribution in [-0.2, 0) is 0 Å². The second-order valence-electron chi connectivity index (χ2n) is 9.32. The van der Waals surface area contributed by atoms with Crippen molar-refractivity contribution >= 4 is 29.2 Å². The van der Waals surface area contributed by atoms with Crippen molar-refractivity contribution in [3.8, 4) is 5.69 Å². The van der Waals surface area contributed by atoms with Crippen LogP contribution in [0.3, 0.4) is 0 Å². The van der Waals surface area contributed by atoms with E-state index < -0.39 is 28.8 Å². The summed E-state index contributed by atoms with van der Waals surface area (Å²) in [7, 11) is 0. The lowest BCUT2D eigenvalue weighted by atomic mass is 10.1. The average molecular weight is 493 g/mol. The standard InChI is InChI=1S/C26H26F2N6O2/c1-15-11-12-33(14-15)24-17(13-29)20(30-16-5-6-16)7-8-21(24)31-26(36)22-9-10-23(35)34(32-22)25-18(27)3-2-4-19(25)28/h2-4,7-10,13,15-16,29-30H,5-6,11-12,14H2,1H3,(H,31,36). The lowest BCUT2D eigenvalue weighted by Crippen LogP contribution is -2.27. The number of aromatic nitrogens is 2. The van der Waals surface area contributed by atoms with Crippen molar-refractivity contribution in [2.75, 3.05) is 28.6 Å². The molecule has 1 atom stereocenters. The van der Waals surface area contributed by atoms with Crippen LogP contribution in [0.25, 0.3) is 5.69 Å². The molecule has 0 spiro atoms. The van der Waals surface area contributed by atoms with Gasteiger partial charge in [0.25, 0.3) is 11.5 Å². The summed E-state index contributed by atoms with van der Waals surface area (Å²) in [6.45, 7) is 3.73. The summed E-state index contributed by atoms with van der Waals surface area (Å²) < 4.78 is 29.1. The van der Waals surface area contributed by atoms with Crippen molar-refractivity contribution in [1.29, 1.82) is 5.41 Å². The fourth-order valence-electron chi connectivity index (χ4n) is 4.48. The van der Waals surface area contributed by atoms with Crippen LogP contribution >= 0.6 is 0 Å². The Bertz CT molecular complexity index is 1380. The van der Waals surface area contributed by atoms with E-state index in [-0.39, 0.29) is 5.69 Å². The number of anilines is 3. The molecule has 1 amide bonds. The van der Waals surface area contributed by atoms with Crippen LogP contribution in [0.1, 0.15) is 42.2 Å². The summed E-state index contributed by atoms with van der Waals surface area (Å²) >= 11 is 0. The number of carbonyl (C=O) groups is 1. The van der Waals surface area contributed by atoms with Gasteiger partial charge in [-0.2, -0.15) is 9.78 Å². The summed E-state index contributed by atoms with van der Waals surface area (Å²) in [5.41, 5.74) is 1.14. The van der Waals surface area contributed by atoms with Gasteiger partial charge in [-0.3, -0.25) is 9.59 Å². The maximum absolute atomic E-state index is 14.3. The van der Waals surface area contributed by atoms with E-state index in [1.165, 1.54) is 18.3 Å². The predicted octanol–water partition coefficient (Wildman–Crippen LogP) is 4.18. The molecule has 3 N–H and O–H groups in total. The third-order valence-electron chi connectivity index (χ3n) is 6.47. The van der Waals surface area contributed by atoms with E-state index in [0.29, 0.717) is 27.9 Å². The molecule has 8 nitrogen and oxygen atoms in total. The van der Waals surface area contributed by atoms with Crippen LogP contribution in [-0.4, -0.2) is 41.0 Å². The fraction of sp³-hybridized carbons (Fsp3) is 0.308. The first-order valence-electron chi connectivity index (χ1n) is 11.9. The van der Waals surface area contributed by atoms with Gasteiger partial charge in [0.15, 0.2) is 11.6 Å². The summed E-state index contributed by atoms with van der Waals surface area (Å²) in [6.07, 6.45) is 4.44. The van der Waals surface area contributed by atoms with Gasteiger partial charge in [0.1, 0.15) is 11.4 Å². The molecule has 1 aromatic heterocycles. The summed E-state index contributed by atoms with van der Waals surface area (Å²) in [6, 6.07) is 9.46. The number of amides is 1. The Morgan fingerprint density at radius 1 is 1.06 bits per heavy atom.